The lowest BCUT2D eigenvalue weighted by Gasteiger charge is -2.17. The Hall–Kier alpha value is -2.71. The zero-order valence-electron chi connectivity index (χ0n) is 11.4. The summed E-state index contributed by atoms with van der Waals surface area (Å²) in [5, 5.41) is 15.2. The third-order valence-corrected chi connectivity index (χ3v) is 2.78. The predicted molar refractivity (Wildman–Crippen MR) is 73.2 cm³/mol. The van der Waals surface area contributed by atoms with Crippen molar-refractivity contribution >= 4 is 17.5 Å². The van der Waals surface area contributed by atoms with Crippen molar-refractivity contribution in [1.29, 1.82) is 0 Å². The lowest BCUT2D eigenvalue weighted by Crippen LogP contribution is -2.20. The van der Waals surface area contributed by atoms with E-state index >= 15 is 0 Å². The van der Waals surface area contributed by atoms with Gasteiger partial charge in [-0.3, -0.25) is 14.8 Å². The van der Waals surface area contributed by atoms with E-state index in [0.717, 1.165) is 5.56 Å². The lowest BCUT2D eigenvalue weighted by atomic mass is 10.3. The van der Waals surface area contributed by atoms with Gasteiger partial charge in [0.2, 0.25) is 11.8 Å². The molecule has 106 valence electrons. The fourth-order valence-corrected chi connectivity index (χ4v) is 1.96. The van der Waals surface area contributed by atoms with Gasteiger partial charge < -0.3 is 10.6 Å². The summed E-state index contributed by atoms with van der Waals surface area (Å²) in [6.45, 7) is 1.97. The van der Waals surface area contributed by atoms with E-state index in [0.29, 0.717) is 6.54 Å². The fraction of sp³-hybridized carbons (Fsp3) is 0.364. The van der Waals surface area contributed by atoms with Crippen molar-refractivity contribution in [2.45, 2.75) is 13.5 Å². The van der Waals surface area contributed by atoms with Gasteiger partial charge in [-0.05, 0) is 6.92 Å². The van der Waals surface area contributed by atoms with Gasteiger partial charge >= 0.3 is 5.69 Å². The van der Waals surface area contributed by atoms with E-state index in [1.807, 2.05) is 6.20 Å². The number of aromatic nitrogens is 4. The van der Waals surface area contributed by atoms with Crippen LogP contribution in [0.5, 0.6) is 0 Å². The van der Waals surface area contributed by atoms with Crippen molar-refractivity contribution in [2.24, 2.45) is 7.05 Å². The van der Waals surface area contributed by atoms with Crippen LogP contribution in [-0.2, 0) is 13.6 Å². The summed E-state index contributed by atoms with van der Waals surface area (Å²) < 4.78 is 1.66. The minimum Gasteiger partial charge on any atom is -0.368 e. The second-order valence-electron chi connectivity index (χ2n) is 4.47. The Morgan fingerprint density at radius 3 is 2.75 bits per heavy atom. The first-order valence-corrected chi connectivity index (χ1v) is 5.85. The number of nitrogen functional groups attached to an aromatic ring is 1. The Labute approximate surface area is 115 Å². The molecule has 20 heavy (non-hydrogen) atoms. The summed E-state index contributed by atoms with van der Waals surface area (Å²) >= 11 is 0. The molecule has 0 unspecified atom stereocenters. The molecule has 0 fully saturated rings. The maximum absolute atomic E-state index is 11.2. The van der Waals surface area contributed by atoms with E-state index in [9.17, 15) is 10.1 Å². The van der Waals surface area contributed by atoms with Crippen LogP contribution < -0.4 is 10.6 Å². The number of hydrogen-bond acceptors (Lipinski definition) is 7. The smallest absolute Gasteiger partial charge is 0.332 e. The average molecular weight is 277 g/mol. The van der Waals surface area contributed by atoms with Crippen molar-refractivity contribution in [3.05, 3.63) is 33.8 Å². The molecule has 9 heteroatoms. The summed E-state index contributed by atoms with van der Waals surface area (Å²) in [7, 11) is 3.51. The predicted octanol–water partition coefficient (Wildman–Crippen LogP) is 0.645. The molecule has 0 amide bonds. The van der Waals surface area contributed by atoms with Crippen molar-refractivity contribution in [3.8, 4) is 0 Å². The highest BCUT2D eigenvalue weighted by atomic mass is 16.6. The van der Waals surface area contributed by atoms with Crippen LogP contribution in [0.3, 0.4) is 0 Å². The summed E-state index contributed by atoms with van der Waals surface area (Å²) in [5.41, 5.74) is 6.60. The minimum absolute atomic E-state index is 0.0149. The standard InChI is InChI=1S/C11H15N7O2/c1-7-9(18(19)20)10(15-11(12)14-7)16(2)5-8-4-13-17(3)6-8/h4,6H,5H2,1-3H3,(H2,12,14,15). The molecule has 2 heterocycles. The second-order valence-corrected chi connectivity index (χ2v) is 4.47. The maximum Gasteiger partial charge on any atom is 0.332 e. The van der Waals surface area contributed by atoms with Crippen LogP contribution in [0.15, 0.2) is 12.4 Å². The molecule has 0 atom stereocenters. The van der Waals surface area contributed by atoms with E-state index in [1.54, 1.807) is 29.9 Å². The normalized spacial score (nSPS) is 10.6. The first-order valence-electron chi connectivity index (χ1n) is 5.85. The zero-order chi connectivity index (χ0) is 14.9. The van der Waals surface area contributed by atoms with Gasteiger partial charge in [-0.2, -0.15) is 10.1 Å². The molecule has 0 spiro atoms. The Bertz CT molecular complexity index is 652. The van der Waals surface area contributed by atoms with Crippen molar-refractivity contribution in [3.63, 3.8) is 0 Å². The molecule has 9 nitrogen and oxygen atoms in total. The molecule has 2 rings (SSSR count). The lowest BCUT2D eigenvalue weighted by molar-refractivity contribution is -0.385. The highest BCUT2D eigenvalue weighted by Gasteiger charge is 2.24. The molecule has 2 N–H and O–H groups in total. The topological polar surface area (TPSA) is 116 Å². The number of hydrogen-bond donors (Lipinski definition) is 1. The molecular weight excluding hydrogens is 262 g/mol. The number of nitro groups is 1. The Morgan fingerprint density at radius 2 is 2.20 bits per heavy atom. The molecule has 0 bridgehead atoms. The zero-order valence-corrected chi connectivity index (χ0v) is 11.4. The number of nitrogens with two attached hydrogens (primary N) is 1. The van der Waals surface area contributed by atoms with Crippen LogP contribution in [0.4, 0.5) is 17.5 Å². The maximum atomic E-state index is 11.2. The first-order chi connectivity index (χ1) is 9.38. The number of aryl methyl sites for hydroxylation is 2. The molecule has 0 aliphatic heterocycles. The van der Waals surface area contributed by atoms with Gasteiger partial charge in [0.1, 0.15) is 5.69 Å². The number of rotatable bonds is 4. The quantitative estimate of drug-likeness (QED) is 0.644. The Morgan fingerprint density at radius 1 is 1.50 bits per heavy atom. The van der Waals surface area contributed by atoms with Gasteiger partial charge in [-0.25, -0.2) is 4.98 Å². The van der Waals surface area contributed by atoms with Crippen LogP contribution in [-0.4, -0.2) is 31.7 Å². The van der Waals surface area contributed by atoms with E-state index in [1.165, 1.54) is 6.92 Å². The SMILES string of the molecule is Cc1nc(N)nc(N(C)Cc2cnn(C)c2)c1[N+](=O)[O-]. The number of anilines is 2. The van der Waals surface area contributed by atoms with Crippen LogP contribution in [0, 0.1) is 17.0 Å². The molecular formula is C11H15N7O2. The summed E-state index contributed by atoms with van der Waals surface area (Å²) in [4.78, 5) is 20.1. The summed E-state index contributed by atoms with van der Waals surface area (Å²) in [5.74, 6) is 0.213. The van der Waals surface area contributed by atoms with Crippen molar-refractivity contribution in [2.75, 3.05) is 17.7 Å². The van der Waals surface area contributed by atoms with Gasteiger partial charge in [0.15, 0.2) is 0 Å². The van der Waals surface area contributed by atoms with E-state index in [2.05, 4.69) is 15.1 Å². The molecule has 0 aliphatic carbocycles. The molecule has 0 aliphatic rings. The third kappa shape index (κ3) is 2.66. The van der Waals surface area contributed by atoms with Gasteiger partial charge in [0.25, 0.3) is 0 Å². The molecule has 0 aromatic carbocycles. The van der Waals surface area contributed by atoms with Crippen LogP contribution in [0.2, 0.25) is 0 Å². The van der Waals surface area contributed by atoms with Crippen LogP contribution in [0.1, 0.15) is 11.3 Å². The highest BCUT2D eigenvalue weighted by Crippen LogP contribution is 2.29. The van der Waals surface area contributed by atoms with E-state index in [4.69, 9.17) is 5.73 Å². The van der Waals surface area contributed by atoms with E-state index < -0.39 is 4.92 Å². The Kier molecular flexibility index (Phi) is 3.51. The van der Waals surface area contributed by atoms with Gasteiger partial charge in [0, 0.05) is 32.4 Å². The molecule has 2 aromatic rings. The fourth-order valence-electron chi connectivity index (χ4n) is 1.96. The monoisotopic (exact) mass is 277 g/mol. The van der Waals surface area contributed by atoms with Gasteiger partial charge in [0.05, 0.1) is 11.1 Å². The Balaban J connectivity index is 2.38. The van der Waals surface area contributed by atoms with Crippen LogP contribution in [0.25, 0.3) is 0 Å². The molecule has 0 saturated carbocycles. The van der Waals surface area contributed by atoms with Crippen LogP contribution >= 0.6 is 0 Å². The largest absolute Gasteiger partial charge is 0.368 e. The van der Waals surface area contributed by atoms with Gasteiger partial charge in [-0.15, -0.1) is 0 Å². The molecule has 0 saturated heterocycles. The van der Waals surface area contributed by atoms with Crippen molar-refractivity contribution < 1.29 is 4.92 Å². The van der Waals surface area contributed by atoms with Gasteiger partial charge in [-0.1, -0.05) is 0 Å². The number of nitrogens with zero attached hydrogens (tertiary/aromatic N) is 6. The minimum atomic E-state index is -0.496. The molecule has 2 aromatic heterocycles. The molecule has 0 radical (unpaired) electrons. The summed E-state index contributed by atoms with van der Waals surface area (Å²) in [6.07, 6.45) is 3.53. The average Bonchev–Trinajstić information content (AvgIpc) is 2.72. The summed E-state index contributed by atoms with van der Waals surface area (Å²) in [6, 6.07) is 0. The van der Waals surface area contributed by atoms with E-state index in [-0.39, 0.29) is 23.1 Å². The first kappa shape index (κ1) is 13.7. The second kappa shape index (κ2) is 5.11. The van der Waals surface area contributed by atoms with Crippen molar-refractivity contribution in [1.82, 2.24) is 19.7 Å². The third-order valence-electron chi connectivity index (χ3n) is 2.78. The highest BCUT2D eigenvalue weighted by molar-refractivity contribution is 5.61.